The van der Waals surface area contributed by atoms with Gasteiger partial charge in [0.05, 0.1) is 74.9 Å². The van der Waals surface area contributed by atoms with Crippen molar-refractivity contribution in [3.63, 3.8) is 0 Å². The summed E-state index contributed by atoms with van der Waals surface area (Å²) in [6, 6.07) is 12.8. The number of aryl methyl sites for hydroxylation is 2. The lowest BCUT2D eigenvalue weighted by atomic mass is 9.94. The Bertz CT molecular complexity index is 2680. The summed E-state index contributed by atoms with van der Waals surface area (Å²) in [6.45, 7) is 9.25. The molecule has 65 heavy (non-hydrogen) atoms. The third-order valence-corrected chi connectivity index (χ3v) is 13.0. The standard InChI is InChI=1S/C25H31N5O3.C23H25Cl2N5O2/c1-4-22(16-7-6-8-19(13-16)33-3)29-25(32)21-14-26-24-20(15-27-30(24)5-2)23(21)28-17-9-11-18(31)12-10-17;1-3-30-22-17(12-27-30)21(29-14-7-9-15(31)10-8-14)18(11-26-22)23(32)28-13(2)16-5-4-6-19(24)20(16)25/h6-8,13-15,17,22H,4-5,9-12H2,1-3H3,(H,26,28)(H,29,32);4-6,11-14H,3,7-10H2,1-2H3,(H,26,29)(H,28,32). The Morgan fingerprint density at radius 1 is 0.738 bits per heavy atom. The maximum Gasteiger partial charge on any atom is 0.255 e. The number of pyridine rings is 2. The summed E-state index contributed by atoms with van der Waals surface area (Å²) in [4.78, 5) is 59.2. The number of ether oxygens (including phenoxy) is 1. The molecule has 15 nitrogen and oxygen atoms in total. The highest BCUT2D eigenvalue weighted by Gasteiger charge is 2.27. The number of halogens is 2. The predicted molar refractivity (Wildman–Crippen MR) is 254 cm³/mol. The first-order valence-corrected chi connectivity index (χ1v) is 23.1. The number of anilines is 2. The number of rotatable bonds is 14. The Morgan fingerprint density at radius 3 is 1.74 bits per heavy atom. The highest BCUT2D eigenvalue weighted by Crippen LogP contribution is 2.34. The molecule has 2 saturated carbocycles. The number of Topliss-reactive ketones (excluding diaryl/α,β-unsaturated/α-hetero) is 2. The number of aromatic nitrogens is 6. The van der Waals surface area contributed by atoms with Gasteiger partial charge in [-0.25, -0.2) is 19.3 Å². The minimum atomic E-state index is -0.358. The van der Waals surface area contributed by atoms with Crippen molar-refractivity contribution in [2.24, 2.45) is 0 Å². The Hall–Kier alpha value is -6.06. The van der Waals surface area contributed by atoms with Crippen LogP contribution in [0.25, 0.3) is 22.1 Å². The molecule has 0 bridgehead atoms. The smallest absolute Gasteiger partial charge is 0.255 e. The highest BCUT2D eigenvalue weighted by atomic mass is 35.5. The number of fused-ring (bicyclic) bond motifs is 2. The maximum absolute atomic E-state index is 13.5. The number of carbonyl (C=O) groups excluding carboxylic acids is 4. The molecule has 2 aliphatic carbocycles. The first kappa shape index (κ1) is 46.9. The van der Waals surface area contributed by atoms with Crippen LogP contribution in [0.15, 0.2) is 67.3 Å². The van der Waals surface area contributed by atoms with Crippen molar-refractivity contribution in [1.29, 1.82) is 0 Å². The second-order valence-corrected chi connectivity index (χ2v) is 17.2. The zero-order valence-corrected chi connectivity index (χ0v) is 38.9. The fraction of sp³-hybridized carbons (Fsp3) is 0.417. The Kier molecular flexibility index (Phi) is 15.4. The van der Waals surface area contributed by atoms with Crippen LogP contribution in [0.2, 0.25) is 10.0 Å². The third kappa shape index (κ3) is 10.7. The molecule has 17 heteroatoms. The minimum Gasteiger partial charge on any atom is -0.497 e. The molecule has 2 atom stereocenters. The first-order valence-electron chi connectivity index (χ1n) is 22.4. The average molecular weight is 924 g/mol. The molecule has 0 saturated heterocycles. The van der Waals surface area contributed by atoms with Gasteiger partial charge in [0.25, 0.3) is 11.8 Å². The van der Waals surface area contributed by atoms with Crippen LogP contribution in [-0.4, -0.2) is 72.1 Å². The van der Waals surface area contributed by atoms with E-state index in [4.69, 9.17) is 27.9 Å². The van der Waals surface area contributed by atoms with E-state index < -0.39 is 0 Å². The van der Waals surface area contributed by atoms with E-state index >= 15 is 0 Å². The summed E-state index contributed by atoms with van der Waals surface area (Å²) in [5, 5.41) is 24.5. The molecule has 0 radical (unpaired) electrons. The van der Waals surface area contributed by atoms with Crippen LogP contribution in [-0.2, 0) is 22.7 Å². The van der Waals surface area contributed by atoms with Crippen LogP contribution in [0, 0.1) is 0 Å². The second-order valence-electron chi connectivity index (χ2n) is 16.5. The van der Waals surface area contributed by atoms with Crippen molar-refractivity contribution < 1.29 is 23.9 Å². The molecule has 342 valence electrons. The van der Waals surface area contributed by atoms with Gasteiger partial charge in [-0.2, -0.15) is 10.2 Å². The Balaban J connectivity index is 0.000000194. The molecule has 2 unspecified atom stereocenters. The predicted octanol–water partition coefficient (Wildman–Crippen LogP) is 9.44. The van der Waals surface area contributed by atoms with Crippen LogP contribution < -0.4 is 26.0 Å². The van der Waals surface area contributed by atoms with E-state index in [0.717, 1.165) is 71.1 Å². The fourth-order valence-corrected chi connectivity index (χ4v) is 8.94. The van der Waals surface area contributed by atoms with Crippen molar-refractivity contribution >= 4 is 80.0 Å². The summed E-state index contributed by atoms with van der Waals surface area (Å²) in [6.07, 6.45) is 12.6. The molecule has 4 heterocycles. The van der Waals surface area contributed by atoms with Crippen molar-refractivity contribution in [3.8, 4) is 5.75 Å². The maximum atomic E-state index is 13.5. The largest absolute Gasteiger partial charge is 0.497 e. The molecule has 2 aliphatic rings. The molecule has 4 N–H and O–H groups in total. The number of methoxy groups -OCH3 is 1. The molecule has 8 rings (SSSR count). The number of carbonyl (C=O) groups is 4. The van der Waals surface area contributed by atoms with Crippen LogP contribution in [0.5, 0.6) is 5.75 Å². The van der Waals surface area contributed by atoms with Gasteiger partial charge in [-0.15, -0.1) is 0 Å². The van der Waals surface area contributed by atoms with Gasteiger partial charge in [-0.05, 0) is 82.2 Å². The SMILES string of the molecule is CCC(NC(=O)c1cnc2c(cnn2CC)c1NC1CCC(=O)CC1)c1cccc(OC)c1.CCn1ncc2c(NC3CCC(=O)CC3)c(C(=O)NC(C)c3cccc(Cl)c3Cl)cnc21. The van der Waals surface area contributed by atoms with E-state index in [9.17, 15) is 19.2 Å². The van der Waals surface area contributed by atoms with E-state index in [-0.39, 0.29) is 41.8 Å². The molecule has 2 amide bonds. The minimum absolute atomic E-state index is 0.106. The van der Waals surface area contributed by atoms with Gasteiger partial charge in [-0.3, -0.25) is 19.2 Å². The van der Waals surface area contributed by atoms with Crippen LogP contribution >= 0.6 is 23.2 Å². The number of nitrogens with one attached hydrogen (secondary N) is 4. The lowest BCUT2D eigenvalue weighted by molar-refractivity contribution is -0.121. The number of hydrogen-bond donors (Lipinski definition) is 4. The normalized spacial score (nSPS) is 15.6. The fourth-order valence-electron chi connectivity index (χ4n) is 8.47. The lowest BCUT2D eigenvalue weighted by Gasteiger charge is -2.25. The summed E-state index contributed by atoms with van der Waals surface area (Å²) in [5.74, 6) is 0.865. The van der Waals surface area contributed by atoms with Gasteiger partial charge in [-0.1, -0.05) is 54.4 Å². The van der Waals surface area contributed by atoms with Gasteiger partial charge in [0, 0.05) is 63.3 Å². The number of hydrogen-bond acceptors (Lipinski definition) is 11. The Labute approximate surface area is 388 Å². The van der Waals surface area contributed by atoms with Gasteiger partial charge in [0.1, 0.15) is 17.3 Å². The molecule has 2 aromatic carbocycles. The van der Waals surface area contributed by atoms with E-state index in [1.807, 2.05) is 62.7 Å². The van der Waals surface area contributed by atoms with Crippen molar-refractivity contribution in [3.05, 3.63) is 99.6 Å². The van der Waals surface area contributed by atoms with Crippen LogP contribution in [0.4, 0.5) is 11.4 Å². The zero-order chi connectivity index (χ0) is 46.2. The summed E-state index contributed by atoms with van der Waals surface area (Å²) in [7, 11) is 1.63. The van der Waals surface area contributed by atoms with E-state index in [1.165, 1.54) is 0 Å². The molecule has 4 aromatic heterocycles. The van der Waals surface area contributed by atoms with Crippen molar-refractivity contribution in [2.45, 2.75) is 123 Å². The van der Waals surface area contributed by atoms with E-state index in [2.05, 4.69) is 41.4 Å². The zero-order valence-electron chi connectivity index (χ0n) is 37.4. The van der Waals surface area contributed by atoms with E-state index in [0.29, 0.717) is 77.1 Å². The topological polar surface area (TPSA) is 187 Å². The van der Waals surface area contributed by atoms with Crippen molar-refractivity contribution in [1.82, 2.24) is 40.2 Å². The summed E-state index contributed by atoms with van der Waals surface area (Å²) in [5.41, 5.74) is 5.51. The third-order valence-electron chi connectivity index (χ3n) is 12.2. The first-order chi connectivity index (χ1) is 31.4. The average Bonchev–Trinajstić information content (AvgIpc) is 3.95. The molecule has 6 aromatic rings. The number of nitrogens with zero attached hydrogens (tertiary/aromatic N) is 6. The number of benzene rings is 2. The van der Waals surface area contributed by atoms with Crippen LogP contribution in [0.3, 0.4) is 0 Å². The molecular formula is C48H56Cl2N10O5. The summed E-state index contributed by atoms with van der Waals surface area (Å²) < 4.78 is 8.96. The quantitative estimate of drug-likeness (QED) is 0.0815. The monoisotopic (exact) mass is 922 g/mol. The van der Waals surface area contributed by atoms with Crippen molar-refractivity contribution in [2.75, 3.05) is 17.7 Å². The number of amides is 2. The summed E-state index contributed by atoms with van der Waals surface area (Å²) >= 11 is 12.5. The molecule has 0 spiro atoms. The number of ketones is 2. The van der Waals surface area contributed by atoms with Gasteiger partial charge < -0.3 is 26.0 Å². The second kappa shape index (κ2) is 21.3. The van der Waals surface area contributed by atoms with Crippen LogP contribution in [0.1, 0.15) is 129 Å². The highest BCUT2D eigenvalue weighted by molar-refractivity contribution is 6.42. The molecule has 0 aliphatic heterocycles. The van der Waals surface area contributed by atoms with Gasteiger partial charge >= 0.3 is 0 Å². The molecule has 2 fully saturated rings. The lowest BCUT2D eigenvalue weighted by Crippen LogP contribution is -2.31. The van der Waals surface area contributed by atoms with Gasteiger partial charge in [0.15, 0.2) is 11.3 Å². The van der Waals surface area contributed by atoms with E-state index in [1.54, 1.807) is 48.7 Å². The molecular weight excluding hydrogens is 867 g/mol. The Morgan fingerprint density at radius 2 is 1.25 bits per heavy atom. The van der Waals surface area contributed by atoms with Gasteiger partial charge in [0.2, 0.25) is 0 Å².